The van der Waals surface area contributed by atoms with E-state index < -0.39 is 30.1 Å². The Morgan fingerprint density at radius 3 is 2.72 bits per heavy atom. The Labute approximate surface area is 209 Å². The first kappa shape index (κ1) is 20.7. The molecule has 3 heterocycles. The minimum atomic E-state index is -4.52. The second-order valence-corrected chi connectivity index (χ2v) is 9.01. The third-order valence-electron chi connectivity index (χ3n) is 6.69. The van der Waals surface area contributed by atoms with E-state index in [2.05, 4.69) is 16.8 Å². The van der Waals surface area contributed by atoms with Crippen LogP contribution in [-0.2, 0) is 18.3 Å². The zero-order chi connectivity index (χ0) is 28.2. The largest absolute Gasteiger partial charge is 0.406 e. The average molecular weight is 504 g/mol. The van der Waals surface area contributed by atoms with Gasteiger partial charge in [-0.2, -0.15) is 18.2 Å². The number of aromatic nitrogens is 2. The number of ether oxygens (including phenoxy) is 1. The van der Waals surface area contributed by atoms with Gasteiger partial charge in [-0.1, -0.05) is 24.0 Å². The summed E-state index contributed by atoms with van der Waals surface area (Å²) < 4.78 is 86.8. The van der Waals surface area contributed by atoms with Crippen LogP contribution in [0, 0.1) is 23.1 Å². The molecule has 0 radical (unpaired) electrons. The summed E-state index contributed by atoms with van der Waals surface area (Å²) in [6.45, 7) is -2.61. The lowest BCUT2D eigenvalue weighted by atomic mass is 9.86. The van der Waals surface area contributed by atoms with Crippen LogP contribution in [0.15, 0.2) is 41.2 Å². The summed E-state index contributed by atoms with van der Waals surface area (Å²) in [5.74, 6) is 4.33. The molecule has 2 aromatic carbocycles. The fourth-order valence-electron chi connectivity index (χ4n) is 4.77. The third-order valence-corrected chi connectivity index (χ3v) is 6.69. The Hall–Kier alpha value is -3.42. The van der Waals surface area contributed by atoms with Crippen LogP contribution >= 0.6 is 0 Å². The van der Waals surface area contributed by atoms with Gasteiger partial charge in [0.05, 0.1) is 24.1 Å². The first-order valence-electron chi connectivity index (χ1n) is 12.8. The molecule has 5 rings (SSSR count). The predicted molar refractivity (Wildman–Crippen MR) is 128 cm³/mol. The zero-order valence-corrected chi connectivity index (χ0v) is 19.3. The van der Waals surface area contributed by atoms with Crippen molar-refractivity contribution in [3.8, 4) is 11.8 Å². The van der Waals surface area contributed by atoms with Gasteiger partial charge >= 0.3 is 11.9 Å². The fourth-order valence-corrected chi connectivity index (χ4v) is 4.77. The Morgan fingerprint density at radius 2 is 2.00 bits per heavy atom. The first-order valence-corrected chi connectivity index (χ1v) is 11.3. The molecule has 1 atom stereocenters. The number of aryl methyl sites for hydroxylation is 1. The van der Waals surface area contributed by atoms with Crippen molar-refractivity contribution in [2.75, 3.05) is 38.2 Å². The second kappa shape index (κ2) is 8.91. The molecular weight excluding hydrogens is 476 g/mol. The van der Waals surface area contributed by atoms with E-state index in [1.54, 1.807) is 30.1 Å². The summed E-state index contributed by atoms with van der Waals surface area (Å²) >= 11 is 0. The van der Waals surface area contributed by atoms with Crippen molar-refractivity contribution in [3.63, 3.8) is 0 Å². The van der Waals surface area contributed by atoms with Crippen LogP contribution in [0.5, 0.6) is 0 Å². The minimum absolute atomic E-state index is 0.0162. The summed E-state index contributed by atoms with van der Waals surface area (Å²) in [6, 6.07) is 8.59. The maximum atomic E-state index is 15.2. The number of hydrogen-bond acceptors (Lipinski definition) is 5. The number of likely N-dealkylation sites (tertiary alicyclic amines) is 1. The molecule has 0 amide bonds. The molecule has 1 fully saturated rings. The smallest absolute Gasteiger partial charge is 0.375 e. The molecule has 0 spiro atoms. The standard InChI is InChI=1S/C26H24F4N4O2/c1-32-12-11-25(16-32,26(28,29)30)10-9-17-5-3-7-20-18(17)15-36-14-13-34(20)23-22-19(27)6-4-8-21(22)33(2)24(35)31-23/h3-8H,11-16H2,1-2H3/i2D3. The Bertz CT molecular complexity index is 1560. The lowest BCUT2D eigenvalue weighted by Crippen LogP contribution is -2.39. The lowest BCUT2D eigenvalue weighted by Gasteiger charge is -2.26. The molecular formula is C26H24F4N4O2. The number of nitrogens with zero attached hydrogens (tertiary/aromatic N) is 4. The molecule has 2 aliphatic heterocycles. The molecule has 0 N–H and O–H groups in total. The fraction of sp³-hybridized carbons (Fsp3) is 0.385. The van der Waals surface area contributed by atoms with Crippen LogP contribution in [0.4, 0.5) is 29.1 Å². The molecule has 0 aliphatic carbocycles. The summed E-state index contributed by atoms with van der Waals surface area (Å²) in [4.78, 5) is 20.0. The number of rotatable bonds is 1. The van der Waals surface area contributed by atoms with Crippen LogP contribution in [0.1, 0.15) is 21.7 Å². The maximum Gasteiger partial charge on any atom is 0.406 e. The quantitative estimate of drug-likeness (QED) is 0.372. The topological polar surface area (TPSA) is 50.6 Å². The highest BCUT2D eigenvalue weighted by atomic mass is 19.4. The van der Waals surface area contributed by atoms with E-state index >= 15 is 4.39 Å². The van der Waals surface area contributed by atoms with Crippen molar-refractivity contribution in [2.24, 2.45) is 12.4 Å². The highest BCUT2D eigenvalue weighted by Gasteiger charge is 2.56. The molecule has 6 nitrogen and oxygen atoms in total. The van der Waals surface area contributed by atoms with Crippen molar-refractivity contribution >= 4 is 22.4 Å². The van der Waals surface area contributed by atoms with E-state index in [-0.39, 0.29) is 56.0 Å². The van der Waals surface area contributed by atoms with Gasteiger partial charge in [-0.3, -0.25) is 4.57 Å². The highest BCUT2D eigenvalue weighted by molar-refractivity contribution is 5.92. The van der Waals surface area contributed by atoms with E-state index in [0.717, 1.165) is 6.07 Å². The van der Waals surface area contributed by atoms with Gasteiger partial charge in [0.2, 0.25) is 0 Å². The van der Waals surface area contributed by atoms with Gasteiger partial charge < -0.3 is 14.5 Å². The number of benzene rings is 2. The van der Waals surface area contributed by atoms with E-state index in [1.165, 1.54) is 17.0 Å². The highest BCUT2D eigenvalue weighted by Crippen LogP contribution is 2.45. The summed E-state index contributed by atoms with van der Waals surface area (Å²) in [5.41, 5.74) is -2.24. The van der Waals surface area contributed by atoms with Crippen molar-refractivity contribution in [1.29, 1.82) is 0 Å². The van der Waals surface area contributed by atoms with Gasteiger partial charge in [0.15, 0.2) is 5.82 Å². The Kier molecular flexibility index (Phi) is 5.13. The van der Waals surface area contributed by atoms with Crippen molar-refractivity contribution in [1.82, 2.24) is 14.5 Å². The van der Waals surface area contributed by atoms with Crippen LogP contribution < -0.4 is 10.6 Å². The molecule has 2 aliphatic rings. The normalized spacial score (nSPS) is 22.2. The van der Waals surface area contributed by atoms with Crippen LogP contribution in [-0.4, -0.2) is 53.9 Å². The molecule has 10 heteroatoms. The predicted octanol–water partition coefficient (Wildman–Crippen LogP) is 3.98. The third kappa shape index (κ3) is 4.02. The summed E-state index contributed by atoms with van der Waals surface area (Å²) in [5, 5.41) is -0.178. The van der Waals surface area contributed by atoms with Gasteiger partial charge in [-0.25, -0.2) is 9.18 Å². The van der Waals surface area contributed by atoms with Gasteiger partial charge in [0.25, 0.3) is 0 Å². The molecule has 0 bridgehead atoms. The van der Waals surface area contributed by atoms with Gasteiger partial charge in [-0.15, -0.1) is 0 Å². The molecule has 36 heavy (non-hydrogen) atoms. The maximum absolute atomic E-state index is 15.2. The molecule has 0 saturated carbocycles. The Balaban J connectivity index is 1.69. The van der Waals surface area contributed by atoms with E-state index in [4.69, 9.17) is 8.85 Å². The molecule has 3 aromatic rings. The van der Waals surface area contributed by atoms with Crippen LogP contribution in [0.3, 0.4) is 0 Å². The number of halogens is 4. The monoisotopic (exact) mass is 503 g/mol. The number of fused-ring (bicyclic) bond motifs is 2. The number of hydrogen-bond donors (Lipinski definition) is 0. The van der Waals surface area contributed by atoms with E-state index in [1.807, 2.05) is 0 Å². The van der Waals surface area contributed by atoms with Gasteiger partial charge in [0.1, 0.15) is 11.2 Å². The van der Waals surface area contributed by atoms with Crippen LogP contribution in [0.25, 0.3) is 10.9 Å². The number of alkyl halides is 3. The molecule has 188 valence electrons. The Morgan fingerprint density at radius 1 is 1.19 bits per heavy atom. The summed E-state index contributed by atoms with van der Waals surface area (Å²) in [7, 11) is 1.62. The van der Waals surface area contributed by atoms with Crippen molar-refractivity contribution < 1.29 is 26.4 Å². The average Bonchev–Trinajstić information content (AvgIpc) is 3.10. The molecule has 1 unspecified atom stereocenters. The molecule has 1 saturated heterocycles. The van der Waals surface area contributed by atoms with Crippen molar-refractivity contribution in [3.05, 3.63) is 63.8 Å². The second-order valence-electron chi connectivity index (χ2n) is 9.01. The van der Waals surface area contributed by atoms with Gasteiger partial charge in [-0.05, 0) is 44.3 Å². The van der Waals surface area contributed by atoms with Crippen LogP contribution in [0.2, 0.25) is 0 Å². The zero-order valence-electron chi connectivity index (χ0n) is 22.3. The minimum Gasteiger partial charge on any atom is -0.375 e. The van der Waals surface area contributed by atoms with Crippen molar-refractivity contribution in [2.45, 2.75) is 19.2 Å². The SMILES string of the molecule is [2H]C([2H])([2H])n1c(=O)nc(N2CCOCc3c(C#CC4(C(F)(F)F)CCN(C)C4)cccc32)c2c(F)cccc21. The molecule has 1 aromatic heterocycles. The first-order chi connectivity index (χ1) is 18.3. The number of anilines is 2. The van der Waals surface area contributed by atoms with E-state index in [0.29, 0.717) is 21.4 Å². The summed E-state index contributed by atoms with van der Waals surface area (Å²) in [6.07, 6.45) is -4.67. The van der Waals surface area contributed by atoms with Gasteiger partial charge in [0, 0.05) is 41.0 Å². The van der Waals surface area contributed by atoms with E-state index in [9.17, 15) is 18.0 Å². The lowest BCUT2D eigenvalue weighted by molar-refractivity contribution is -0.197.